The van der Waals surface area contributed by atoms with Gasteiger partial charge in [0.15, 0.2) is 10.9 Å². The van der Waals surface area contributed by atoms with Crippen molar-refractivity contribution >= 4 is 33.9 Å². The lowest BCUT2D eigenvalue weighted by Gasteiger charge is -2.09. The number of unbranched alkanes of at least 4 members (excludes halogenated alkanes) is 7. The van der Waals surface area contributed by atoms with Crippen molar-refractivity contribution in [1.82, 2.24) is 0 Å². The topological polar surface area (TPSA) is 153 Å². The quantitative estimate of drug-likeness (QED) is 0.172. The zero-order chi connectivity index (χ0) is 28.5. The number of benzene rings is 2. The number of carboxylic acids is 2. The maximum absolute atomic E-state index is 12.4. The fourth-order valence-corrected chi connectivity index (χ4v) is 4.44. The average Bonchev–Trinajstić information content (AvgIpc) is 2.93. The predicted octanol–water partition coefficient (Wildman–Crippen LogP) is 5.87. The highest BCUT2D eigenvalue weighted by Gasteiger charge is 2.15. The average molecular weight is 551 g/mol. The third-order valence-electron chi connectivity index (χ3n) is 6.41. The molecule has 0 bridgehead atoms. The Balaban J connectivity index is 1.10. The van der Waals surface area contributed by atoms with Crippen molar-refractivity contribution in [2.75, 3.05) is 13.2 Å². The van der Waals surface area contributed by atoms with Gasteiger partial charge in [-0.1, -0.05) is 50.7 Å². The molecule has 0 fully saturated rings. The van der Waals surface area contributed by atoms with E-state index in [1.165, 1.54) is 0 Å². The molecule has 2 aromatic carbocycles. The van der Waals surface area contributed by atoms with Gasteiger partial charge in [-0.05, 0) is 37.1 Å². The summed E-state index contributed by atoms with van der Waals surface area (Å²) in [5.74, 6) is -2.62. The summed E-state index contributed by atoms with van der Waals surface area (Å²) in [6, 6.07) is 11.7. The molecule has 4 aromatic rings. The largest absolute Gasteiger partial charge is 0.493 e. The summed E-state index contributed by atoms with van der Waals surface area (Å²) in [6.45, 7) is 0.890. The number of carbonyl (C=O) groups is 2. The molecule has 0 saturated heterocycles. The van der Waals surface area contributed by atoms with E-state index in [1.54, 1.807) is 36.4 Å². The van der Waals surface area contributed by atoms with E-state index >= 15 is 0 Å². The Morgan fingerprint density at radius 2 is 0.975 bits per heavy atom. The van der Waals surface area contributed by atoms with Crippen molar-refractivity contribution in [2.24, 2.45) is 0 Å². The van der Waals surface area contributed by atoms with Gasteiger partial charge >= 0.3 is 11.9 Å². The van der Waals surface area contributed by atoms with Crippen molar-refractivity contribution in [1.29, 1.82) is 0 Å². The molecule has 2 N–H and O–H groups in total. The number of aromatic carboxylic acids is 2. The minimum atomic E-state index is -1.30. The Hall–Kier alpha value is -4.60. The number of fused-ring (bicyclic) bond motifs is 2. The molecule has 0 aliphatic heterocycles. The Kier molecular flexibility index (Phi) is 9.56. The number of rotatable bonds is 15. The van der Waals surface area contributed by atoms with Gasteiger partial charge < -0.3 is 28.5 Å². The number of ether oxygens (including phenoxy) is 2. The van der Waals surface area contributed by atoms with E-state index in [0.29, 0.717) is 24.7 Å². The van der Waals surface area contributed by atoms with Gasteiger partial charge in [-0.25, -0.2) is 9.59 Å². The molecule has 2 heterocycles. The van der Waals surface area contributed by atoms with Crippen LogP contribution in [0.2, 0.25) is 0 Å². The normalized spacial score (nSPS) is 11.1. The molecule has 40 heavy (non-hydrogen) atoms. The van der Waals surface area contributed by atoms with Gasteiger partial charge in [-0.15, -0.1) is 0 Å². The zero-order valence-corrected chi connectivity index (χ0v) is 21.9. The number of carboxylic acid groups (broad SMARTS) is 2. The molecular formula is C30H30O10. The van der Waals surface area contributed by atoms with E-state index in [-0.39, 0.29) is 21.9 Å². The van der Waals surface area contributed by atoms with Gasteiger partial charge in [0.2, 0.25) is 11.5 Å². The Labute approximate surface area is 228 Å². The molecule has 0 spiro atoms. The van der Waals surface area contributed by atoms with Crippen LogP contribution in [0.15, 0.2) is 67.0 Å². The molecule has 0 amide bonds. The molecule has 0 atom stereocenters. The summed E-state index contributed by atoms with van der Waals surface area (Å²) >= 11 is 0. The van der Waals surface area contributed by atoms with Crippen molar-refractivity contribution in [3.05, 3.63) is 80.5 Å². The number of hydrogen-bond donors (Lipinski definition) is 2. The van der Waals surface area contributed by atoms with Gasteiger partial charge in [0.1, 0.15) is 33.4 Å². The molecule has 210 valence electrons. The maximum atomic E-state index is 12.4. The van der Waals surface area contributed by atoms with E-state index in [9.17, 15) is 19.2 Å². The smallest absolute Gasteiger partial charge is 0.371 e. The van der Waals surface area contributed by atoms with Gasteiger partial charge in [0.05, 0.1) is 13.2 Å². The van der Waals surface area contributed by atoms with Gasteiger partial charge in [0.25, 0.3) is 0 Å². The second kappa shape index (κ2) is 13.5. The molecule has 0 saturated carbocycles. The van der Waals surface area contributed by atoms with E-state index in [2.05, 4.69) is 0 Å². The molecule has 2 aromatic heterocycles. The molecule has 0 aliphatic carbocycles. The van der Waals surface area contributed by atoms with Crippen molar-refractivity contribution < 1.29 is 38.1 Å². The highest BCUT2D eigenvalue weighted by Crippen LogP contribution is 2.25. The van der Waals surface area contributed by atoms with Crippen molar-refractivity contribution in [3.8, 4) is 11.5 Å². The molecule has 0 aliphatic rings. The highest BCUT2D eigenvalue weighted by molar-refractivity contribution is 5.90. The van der Waals surface area contributed by atoms with Crippen LogP contribution < -0.4 is 20.3 Å². The molecule has 4 rings (SSSR count). The van der Waals surface area contributed by atoms with Crippen LogP contribution in [0.25, 0.3) is 21.9 Å². The minimum Gasteiger partial charge on any atom is -0.493 e. The van der Waals surface area contributed by atoms with Crippen molar-refractivity contribution in [3.63, 3.8) is 0 Å². The van der Waals surface area contributed by atoms with Crippen molar-refractivity contribution in [2.45, 2.75) is 51.4 Å². The van der Waals surface area contributed by atoms with Crippen LogP contribution >= 0.6 is 0 Å². The molecule has 0 radical (unpaired) electrons. The standard InChI is InChI=1S/C30H30O10/c31-19-17-25(29(33)34)39-23-13-9-11-21(27(19)23)37-15-7-5-3-1-2-4-6-8-16-38-22-12-10-14-24-28(22)20(32)18-26(40-24)30(35)36/h9-14,17-18H,1-8,15-16H2,(H,33,34)(H,35,36). The SMILES string of the molecule is O=C(O)c1cc(=O)c2c(OCCCCCCCCCCOc3cccc4oc(C(=O)O)cc(=O)c34)cccc2o1. The predicted molar refractivity (Wildman–Crippen MR) is 147 cm³/mol. The maximum Gasteiger partial charge on any atom is 0.371 e. The fraction of sp³-hybridized carbons (Fsp3) is 0.333. The van der Waals surface area contributed by atoms with Crippen LogP contribution in [0.1, 0.15) is 72.5 Å². The second-order valence-corrected chi connectivity index (χ2v) is 9.34. The van der Waals surface area contributed by atoms with Crippen LogP contribution in [0.3, 0.4) is 0 Å². The Morgan fingerprint density at radius 3 is 1.35 bits per heavy atom. The van der Waals surface area contributed by atoms with Gasteiger partial charge in [-0.3, -0.25) is 9.59 Å². The summed E-state index contributed by atoms with van der Waals surface area (Å²) in [5.41, 5.74) is -0.525. The van der Waals surface area contributed by atoms with E-state index in [4.69, 9.17) is 28.5 Å². The lowest BCUT2D eigenvalue weighted by Crippen LogP contribution is -2.08. The third kappa shape index (κ3) is 7.07. The summed E-state index contributed by atoms with van der Waals surface area (Å²) in [4.78, 5) is 46.9. The Bertz CT molecular complexity index is 1490. The fourth-order valence-electron chi connectivity index (χ4n) is 4.44. The minimum absolute atomic E-state index is 0.185. The first-order chi connectivity index (χ1) is 19.3. The first-order valence-corrected chi connectivity index (χ1v) is 13.2. The zero-order valence-electron chi connectivity index (χ0n) is 21.9. The lowest BCUT2D eigenvalue weighted by atomic mass is 10.1. The molecule has 10 heteroatoms. The molecule has 0 unspecified atom stereocenters. The van der Waals surface area contributed by atoms with Gasteiger partial charge in [0, 0.05) is 12.1 Å². The second-order valence-electron chi connectivity index (χ2n) is 9.34. The van der Waals surface area contributed by atoms with E-state index in [0.717, 1.165) is 63.5 Å². The molecule has 10 nitrogen and oxygen atoms in total. The summed E-state index contributed by atoms with van der Waals surface area (Å²) in [6.07, 6.45) is 7.93. The summed E-state index contributed by atoms with van der Waals surface area (Å²) < 4.78 is 22.1. The Morgan fingerprint density at radius 1 is 0.600 bits per heavy atom. The molecular weight excluding hydrogens is 520 g/mol. The van der Waals surface area contributed by atoms with Crippen LogP contribution in [-0.4, -0.2) is 35.4 Å². The van der Waals surface area contributed by atoms with Crippen LogP contribution in [0.4, 0.5) is 0 Å². The van der Waals surface area contributed by atoms with Crippen LogP contribution in [-0.2, 0) is 0 Å². The summed E-state index contributed by atoms with van der Waals surface area (Å²) in [7, 11) is 0. The third-order valence-corrected chi connectivity index (χ3v) is 6.41. The number of hydrogen-bond acceptors (Lipinski definition) is 8. The van der Waals surface area contributed by atoms with Crippen LogP contribution in [0, 0.1) is 0 Å². The summed E-state index contributed by atoms with van der Waals surface area (Å²) in [5, 5.41) is 18.6. The van der Waals surface area contributed by atoms with Crippen LogP contribution in [0.5, 0.6) is 11.5 Å². The van der Waals surface area contributed by atoms with E-state index < -0.39 is 34.3 Å². The first kappa shape index (κ1) is 28.4. The lowest BCUT2D eigenvalue weighted by molar-refractivity contribution is 0.0653. The van der Waals surface area contributed by atoms with Gasteiger partial charge in [-0.2, -0.15) is 0 Å². The highest BCUT2D eigenvalue weighted by atomic mass is 16.5. The van der Waals surface area contributed by atoms with E-state index in [1.807, 2.05) is 0 Å². The monoisotopic (exact) mass is 550 g/mol. The first-order valence-electron chi connectivity index (χ1n) is 13.2.